The highest BCUT2D eigenvalue weighted by Gasteiger charge is 1.92. The number of nitrogens with one attached hydrogen (secondary N) is 1. The van der Waals surface area contributed by atoms with Crippen LogP contribution in [0.5, 0.6) is 5.75 Å². The van der Waals surface area contributed by atoms with Gasteiger partial charge in [0.15, 0.2) is 5.75 Å². The molecule has 4 heteroatoms. The lowest BCUT2D eigenvalue weighted by atomic mass is 10.6. The minimum Gasteiger partial charge on any atom is -0.505 e. The lowest BCUT2D eigenvalue weighted by Gasteiger charge is -1.97. The summed E-state index contributed by atoms with van der Waals surface area (Å²) in [7, 11) is 1.88. The molecule has 0 spiro atoms. The Balaban J connectivity index is 2.42. The van der Waals surface area contributed by atoms with Crippen LogP contribution in [0.4, 0.5) is 0 Å². The van der Waals surface area contributed by atoms with Gasteiger partial charge in [-0.25, -0.2) is 0 Å². The van der Waals surface area contributed by atoms with Gasteiger partial charge in [-0.1, -0.05) is 0 Å². The largest absolute Gasteiger partial charge is 0.505 e. The number of hydrogen-bond donors (Lipinski definition) is 2. The normalized spacial score (nSPS) is 10.1. The first-order chi connectivity index (χ1) is 4.83. The average molecular weight is 141 g/mol. The number of rotatable bonds is 3. The summed E-state index contributed by atoms with van der Waals surface area (Å²) in [5, 5.41) is 15.7. The second-order valence-electron chi connectivity index (χ2n) is 2.07. The summed E-state index contributed by atoms with van der Waals surface area (Å²) in [4.78, 5) is 0. The van der Waals surface area contributed by atoms with Gasteiger partial charge in [0.2, 0.25) is 0 Å². The van der Waals surface area contributed by atoms with Crippen molar-refractivity contribution in [1.29, 1.82) is 0 Å². The molecule has 0 aliphatic heterocycles. The van der Waals surface area contributed by atoms with Crippen molar-refractivity contribution >= 4 is 0 Å². The zero-order valence-corrected chi connectivity index (χ0v) is 5.91. The molecule has 0 unspecified atom stereocenters. The highest BCUT2D eigenvalue weighted by Crippen LogP contribution is 2.02. The maximum atomic E-state index is 8.85. The van der Waals surface area contributed by atoms with Crippen molar-refractivity contribution in [3.8, 4) is 5.75 Å². The molecule has 0 amide bonds. The zero-order chi connectivity index (χ0) is 7.40. The highest BCUT2D eigenvalue weighted by atomic mass is 16.3. The molecule has 0 aliphatic carbocycles. The number of aromatic hydroxyl groups is 1. The van der Waals surface area contributed by atoms with E-state index in [1.807, 2.05) is 7.05 Å². The van der Waals surface area contributed by atoms with Gasteiger partial charge < -0.3 is 10.4 Å². The molecular formula is C6H11N3O. The monoisotopic (exact) mass is 141 g/mol. The first kappa shape index (κ1) is 7.08. The first-order valence-electron chi connectivity index (χ1n) is 3.19. The molecule has 0 bridgehead atoms. The summed E-state index contributed by atoms with van der Waals surface area (Å²) in [6.07, 6.45) is 3.02. The predicted molar refractivity (Wildman–Crippen MR) is 37.8 cm³/mol. The number of nitrogens with zero attached hydrogens (tertiary/aromatic N) is 2. The fraction of sp³-hybridized carbons (Fsp3) is 0.500. The fourth-order valence-electron chi connectivity index (χ4n) is 0.701. The van der Waals surface area contributed by atoms with Gasteiger partial charge in [0.25, 0.3) is 0 Å². The predicted octanol–water partition coefficient (Wildman–Crippen LogP) is -0.192. The molecule has 0 fully saturated rings. The zero-order valence-electron chi connectivity index (χ0n) is 5.91. The molecule has 4 nitrogen and oxygen atoms in total. The highest BCUT2D eigenvalue weighted by molar-refractivity contribution is 5.08. The van der Waals surface area contributed by atoms with Crippen LogP contribution in [0, 0.1) is 0 Å². The third kappa shape index (κ3) is 1.73. The van der Waals surface area contributed by atoms with Crippen molar-refractivity contribution in [3.63, 3.8) is 0 Å². The summed E-state index contributed by atoms with van der Waals surface area (Å²) >= 11 is 0. The second-order valence-corrected chi connectivity index (χ2v) is 2.07. The van der Waals surface area contributed by atoms with E-state index in [4.69, 9.17) is 5.11 Å². The standard InChI is InChI=1S/C6H11N3O/c1-7-2-3-9-5-6(10)4-8-9/h4-5,7,10H,2-3H2,1H3. The smallest absolute Gasteiger partial charge is 0.153 e. The maximum absolute atomic E-state index is 8.85. The van der Waals surface area contributed by atoms with Gasteiger partial charge in [-0.15, -0.1) is 0 Å². The maximum Gasteiger partial charge on any atom is 0.153 e. The summed E-state index contributed by atoms with van der Waals surface area (Å²) in [5.41, 5.74) is 0. The van der Waals surface area contributed by atoms with Gasteiger partial charge in [0.05, 0.1) is 18.9 Å². The molecule has 1 rings (SSSR count). The van der Waals surface area contributed by atoms with Crippen LogP contribution in [0.2, 0.25) is 0 Å². The number of likely N-dealkylation sites (N-methyl/N-ethyl adjacent to an activating group) is 1. The minimum atomic E-state index is 0.219. The third-order valence-corrected chi connectivity index (χ3v) is 1.21. The van der Waals surface area contributed by atoms with Gasteiger partial charge in [0, 0.05) is 6.54 Å². The molecule has 56 valence electrons. The van der Waals surface area contributed by atoms with Crippen molar-refractivity contribution in [2.24, 2.45) is 0 Å². The molecule has 1 heterocycles. The second kappa shape index (κ2) is 3.22. The van der Waals surface area contributed by atoms with Gasteiger partial charge in [0.1, 0.15) is 0 Å². The Morgan fingerprint density at radius 2 is 2.60 bits per heavy atom. The van der Waals surface area contributed by atoms with Crippen LogP contribution in [0.3, 0.4) is 0 Å². The van der Waals surface area contributed by atoms with Crippen molar-refractivity contribution in [1.82, 2.24) is 15.1 Å². The summed E-state index contributed by atoms with van der Waals surface area (Å²) in [5.74, 6) is 0.219. The Morgan fingerprint density at radius 3 is 3.10 bits per heavy atom. The van der Waals surface area contributed by atoms with Gasteiger partial charge >= 0.3 is 0 Å². The molecule has 1 aromatic heterocycles. The molecule has 0 atom stereocenters. The first-order valence-corrected chi connectivity index (χ1v) is 3.19. The van der Waals surface area contributed by atoms with Crippen molar-refractivity contribution < 1.29 is 5.11 Å². The third-order valence-electron chi connectivity index (χ3n) is 1.21. The van der Waals surface area contributed by atoms with Crippen LogP contribution in [0.1, 0.15) is 0 Å². The minimum absolute atomic E-state index is 0.219. The molecule has 0 saturated carbocycles. The summed E-state index contributed by atoms with van der Waals surface area (Å²) in [6, 6.07) is 0. The lowest BCUT2D eigenvalue weighted by Crippen LogP contribution is -2.14. The molecule has 10 heavy (non-hydrogen) atoms. The van der Waals surface area contributed by atoms with Gasteiger partial charge in [-0.3, -0.25) is 4.68 Å². The Hall–Kier alpha value is -1.03. The van der Waals surface area contributed by atoms with E-state index in [-0.39, 0.29) is 5.75 Å². The van der Waals surface area contributed by atoms with E-state index in [0.717, 1.165) is 13.1 Å². The van der Waals surface area contributed by atoms with E-state index >= 15 is 0 Å². The van der Waals surface area contributed by atoms with Crippen molar-refractivity contribution in [2.75, 3.05) is 13.6 Å². The van der Waals surface area contributed by atoms with E-state index < -0.39 is 0 Å². The Bertz CT molecular complexity index is 197. The van der Waals surface area contributed by atoms with Crippen LogP contribution in [-0.2, 0) is 6.54 Å². The number of aromatic nitrogens is 2. The number of hydrogen-bond acceptors (Lipinski definition) is 3. The quantitative estimate of drug-likeness (QED) is 0.613. The fourth-order valence-corrected chi connectivity index (χ4v) is 0.701. The van der Waals surface area contributed by atoms with Crippen LogP contribution in [0.15, 0.2) is 12.4 Å². The molecule has 0 aromatic carbocycles. The molecule has 0 radical (unpaired) electrons. The van der Waals surface area contributed by atoms with Crippen molar-refractivity contribution in [3.05, 3.63) is 12.4 Å². The molecule has 0 saturated heterocycles. The van der Waals surface area contributed by atoms with Crippen LogP contribution in [-0.4, -0.2) is 28.5 Å². The Kier molecular flexibility index (Phi) is 2.28. The van der Waals surface area contributed by atoms with E-state index in [0.29, 0.717) is 0 Å². The van der Waals surface area contributed by atoms with E-state index in [1.165, 1.54) is 6.20 Å². The summed E-state index contributed by atoms with van der Waals surface area (Å²) in [6.45, 7) is 1.65. The van der Waals surface area contributed by atoms with Gasteiger partial charge in [-0.05, 0) is 7.05 Å². The molecule has 1 aromatic rings. The van der Waals surface area contributed by atoms with E-state index in [2.05, 4.69) is 10.4 Å². The summed E-state index contributed by atoms with van der Waals surface area (Å²) < 4.78 is 1.69. The van der Waals surface area contributed by atoms with Gasteiger partial charge in [-0.2, -0.15) is 5.10 Å². The van der Waals surface area contributed by atoms with E-state index in [9.17, 15) is 0 Å². The van der Waals surface area contributed by atoms with Crippen molar-refractivity contribution in [2.45, 2.75) is 6.54 Å². The van der Waals surface area contributed by atoms with Crippen LogP contribution >= 0.6 is 0 Å². The van der Waals surface area contributed by atoms with E-state index in [1.54, 1.807) is 10.9 Å². The Labute approximate surface area is 59.5 Å². The van der Waals surface area contributed by atoms with Crippen LogP contribution in [0.25, 0.3) is 0 Å². The molecule has 0 aliphatic rings. The Morgan fingerprint density at radius 1 is 1.80 bits per heavy atom. The average Bonchev–Trinajstić information content (AvgIpc) is 2.31. The topological polar surface area (TPSA) is 50.1 Å². The molecular weight excluding hydrogens is 130 g/mol. The lowest BCUT2D eigenvalue weighted by molar-refractivity contribution is 0.473. The van der Waals surface area contributed by atoms with Crippen LogP contribution < -0.4 is 5.32 Å². The molecule has 2 N–H and O–H groups in total. The SMILES string of the molecule is CNCCn1cc(O)cn1.